The highest BCUT2D eigenvalue weighted by Crippen LogP contribution is 2.19. The molecule has 0 bridgehead atoms. The summed E-state index contributed by atoms with van der Waals surface area (Å²) in [7, 11) is 0. The van der Waals surface area contributed by atoms with E-state index in [1.165, 1.54) is 11.3 Å². The molecule has 27 heavy (non-hydrogen) atoms. The summed E-state index contributed by atoms with van der Waals surface area (Å²) in [6.45, 7) is 8.00. The number of amides is 1. The molecule has 1 saturated heterocycles. The molecule has 1 N–H and O–H groups in total. The summed E-state index contributed by atoms with van der Waals surface area (Å²) in [6.07, 6.45) is 1.97. The molecule has 0 unspecified atom stereocenters. The zero-order valence-corrected chi connectivity index (χ0v) is 16.7. The molecule has 2 aromatic carbocycles. The third-order valence-corrected chi connectivity index (χ3v) is 5.38. The first-order chi connectivity index (χ1) is 13.2. The van der Waals surface area contributed by atoms with Crippen LogP contribution < -0.4 is 10.2 Å². The molecule has 4 nitrogen and oxygen atoms in total. The maximum atomic E-state index is 12.2. The highest BCUT2D eigenvalue weighted by molar-refractivity contribution is 6.30. The van der Waals surface area contributed by atoms with E-state index in [1.54, 1.807) is 0 Å². The Balaban J connectivity index is 1.34. The summed E-state index contributed by atoms with van der Waals surface area (Å²) in [6, 6.07) is 15.9. The number of anilines is 1. The number of piperazine rings is 1. The molecule has 0 saturated carbocycles. The van der Waals surface area contributed by atoms with E-state index in [9.17, 15) is 4.79 Å². The Morgan fingerprint density at radius 2 is 1.67 bits per heavy atom. The predicted molar refractivity (Wildman–Crippen MR) is 113 cm³/mol. The fourth-order valence-corrected chi connectivity index (χ4v) is 3.51. The van der Waals surface area contributed by atoms with Gasteiger partial charge in [0.1, 0.15) is 0 Å². The molecule has 1 heterocycles. The van der Waals surface area contributed by atoms with E-state index < -0.39 is 0 Å². The molecule has 5 heteroatoms. The van der Waals surface area contributed by atoms with Crippen LogP contribution in [0.15, 0.2) is 48.5 Å². The van der Waals surface area contributed by atoms with Gasteiger partial charge in [0.05, 0.1) is 0 Å². The van der Waals surface area contributed by atoms with Gasteiger partial charge >= 0.3 is 0 Å². The molecule has 3 rings (SSSR count). The van der Waals surface area contributed by atoms with E-state index >= 15 is 0 Å². The van der Waals surface area contributed by atoms with Gasteiger partial charge < -0.3 is 10.2 Å². The van der Waals surface area contributed by atoms with Crippen molar-refractivity contribution in [3.05, 3.63) is 64.7 Å². The Kier molecular flexibility index (Phi) is 7.13. The largest absolute Gasteiger partial charge is 0.369 e. The molecule has 0 aromatic heterocycles. The first-order valence-electron chi connectivity index (χ1n) is 9.75. The average Bonchev–Trinajstić information content (AvgIpc) is 2.72. The number of rotatable bonds is 7. The number of carbonyl (C=O) groups is 1. The van der Waals surface area contributed by atoms with Gasteiger partial charge in [-0.2, -0.15) is 0 Å². The van der Waals surface area contributed by atoms with Gasteiger partial charge in [-0.05, 0) is 61.3 Å². The van der Waals surface area contributed by atoms with Crippen LogP contribution in [-0.2, 0) is 6.42 Å². The van der Waals surface area contributed by atoms with Crippen molar-refractivity contribution in [3.8, 4) is 0 Å². The van der Waals surface area contributed by atoms with Gasteiger partial charge in [0.2, 0.25) is 0 Å². The first-order valence-corrected chi connectivity index (χ1v) is 10.1. The zero-order chi connectivity index (χ0) is 19.1. The molecule has 1 aliphatic heterocycles. The second-order valence-corrected chi connectivity index (χ2v) is 7.40. The van der Waals surface area contributed by atoms with Crippen molar-refractivity contribution in [3.63, 3.8) is 0 Å². The fraction of sp³-hybridized carbons (Fsp3) is 0.409. The molecule has 144 valence electrons. The number of carbonyl (C=O) groups excluding carboxylic acids is 1. The molecule has 2 aromatic rings. The molecular formula is C22H28ClN3O. The van der Waals surface area contributed by atoms with Crippen molar-refractivity contribution in [1.82, 2.24) is 10.2 Å². The van der Waals surface area contributed by atoms with Crippen LogP contribution in [0.25, 0.3) is 0 Å². The Hall–Kier alpha value is -2.04. The number of nitrogens with zero attached hydrogens (tertiary/aromatic N) is 2. The van der Waals surface area contributed by atoms with Gasteiger partial charge in [-0.3, -0.25) is 9.69 Å². The average molecular weight is 386 g/mol. The van der Waals surface area contributed by atoms with Crippen molar-refractivity contribution in [1.29, 1.82) is 0 Å². The van der Waals surface area contributed by atoms with Gasteiger partial charge in [-0.15, -0.1) is 0 Å². The Morgan fingerprint density at radius 1 is 1.00 bits per heavy atom. The van der Waals surface area contributed by atoms with E-state index in [0.29, 0.717) is 6.54 Å². The summed E-state index contributed by atoms with van der Waals surface area (Å²) < 4.78 is 0. The monoisotopic (exact) mass is 385 g/mol. The highest BCUT2D eigenvalue weighted by Gasteiger charge is 2.16. The number of hydrogen-bond donors (Lipinski definition) is 1. The lowest BCUT2D eigenvalue weighted by Gasteiger charge is -2.36. The molecule has 1 aliphatic rings. The summed E-state index contributed by atoms with van der Waals surface area (Å²) >= 11 is 5.96. The maximum absolute atomic E-state index is 12.2. The van der Waals surface area contributed by atoms with Crippen molar-refractivity contribution in [2.75, 3.05) is 44.2 Å². The molecule has 0 atom stereocenters. The molecule has 1 amide bonds. The van der Waals surface area contributed by atoms with Gasteiger partial charge in [0.25, 0.3) is 5.91 Å². The SMILES string of the molecule is CCc1ccc(C(=O)NCCCN2CCN(c3ccc(Cl)cc3)CC2)cc1. The van der Waals surface area contributed by atoms with Crippen molar-refractivity contribution < 1.29 is 4.79 Å². The third kappa shape index (κ3) is 5.72. The minimum atomic E-state index is 0.0187. The minimum absolute atomic E-state index is 0.0187. The molecule has 0 aliphatic carbocycles. The summed E-state index contributed by atoms with van der Waals surface area (Å²) in [5.41, 5.74) is 3.23. The second-order valence-electron chi connectivity index (χ2n) is 6.97. The number of nitrogens with one attached hydrogen (secondary N) is 1. The van der Waals surface area contributed by atoms with E-state index in [4.69, 9.17) is 11.6 Å². The first kappa shape index (κ1) is 19.7. The van der Waals surface area contributed by atoms with Gasteiger partial charge in [0, 0.05) is 49.0 Å². The molecular weight excluding hydrogens is 358 g/mol. The van der Waals surface area contributed by atoms with Gasteiger partial charge in [-0.25, -0.2) is 0 Å². The van der Waals surface area contributed by atoms with Crippen molar-refractivity contribution >= 4 is 23.2 Å². The Morgan fingerprint density at radius 3 is 2.30 bits per heavy atom. The summed E-state index contributed by atoms with van der Waals surface area (Å²) in [5.74, 6) is 0.0187. The van der Waals surface area contributed by atoms with Crippen LogP contribution >= 0.6 is 11.6 Å². The fourth-order valence-electron chi connectivity index (χ4n) is 3.38. The predicted octanol–water partition coefficient (Wildman–Crippen LogP) is 3.84. The molecule has 0 radical (unpaired) electrons. The van der Waals surface area contributed by atoms with E-state index in [2.05, 4.69) is 34.2 Å². The maximum Gasteiger partial charge on any atom is 0.251 e. The smallest absolute Gasteiger partial charge is 0.251 e. The summed E-state index contributed by atoms with van der Waals surface area (Å²) in [4.78, 5) is 17.0. The van der Waals surface area contributed by atoms with Crippen LogP contribution in [0.4, 0.5) is 5.69 Å². The lowest BCUT2D eigenvalue weighted by molar-refractivity contribution is 0.0951. The number of halogens is 1. The van der Waals surface area contributed by atoms with Crippen LogP contribution in [-0.4, -0.2) is 50.1 Å². The number of hydrogen-bond acceptors (Lipinski definition) is 3. The topological polar surface area (TPSA) is 35.6 Å². The van der Waals surface area contributed by atoms with E-state index in [0.717, 1.165) is 56.2 Å². The van der Waals surface area contributed by atoms with Crippen molar-refractivity contribution in [2.24, 2.45) is 0 Å². The third-order valence-electron chi connectivity index (χ3n) is 5.13. The molecule has 0 spiro atoms. The van der Waals surface area contributed by atoms with Gasteiger partial charge in [0.15, 0.2) is 0 Å². The lowest BCUT2D eigenvalue weighted by Crippen LogP contribution is -2.47. The highest BCUT2D eigenvalue weighted by atomic mass is 35.5. The van der Waals surface area contributed by atoms with Crippen LogP contribution in [0.3, 0.4) is 0 Å². The summed E-state index contributed by atoms with van der Waals surface area (Å²) in [5, 5.41) is 3.81. The quantitative estimate of drug-likeness (QED) is 0.735. The van der Waals surface area contributed by atoms with E-state index in [-0.39, 0.29) is 5.91 Å². The number of aryl methyl sites for hydroxylation is 1. The van der Waals surface area contributed by atoms with Crippen LogP contribution in [0.1, 0.15) is 29.3 Å². The minimum Gasteiger partial charge on any atom is -0.369 e. The van der Waals surface area contributed by atoms with Gasteiger partial charge in [-0.1, -0.05) is 30.7 Å². The van der Waals surface area contributed by atoms with Crippen molar-refractivity contribution in [2.45, 2.75) is 19.8 Å². The standard InChI is InChI=1S/C22H28ClN3O/c1-2-18-4-6-19(7-5-18)22(27)24-12-3-13-25-14-16-26(17-15-25)21-10-8-20(23)9-11-21/h4-11H,2-3,12-17H2,1H3,(H,24,27). The van der Waals surface area contributed by atoms with Crippen LogP contribution in [0.2, 0.25) is 5.02 Å². The molecule has 1 fully saturated rings. The second kappa shape index (κ2) is 9.77. The van der Waals surface area contributed by atoms with Crippen LogP contribution in [0, 0.1) is 0 Å². The Bertz CT molecular complexity index is 722. The van der Waals surface area contributed by atoms with E-state index in [1.807, 2.05) is 36.4 Å². The van der Waals surface area contributed by atoms with Crippen LogP contribution in [0.5, 0.6) is 0 Å². The Labute approximate surface area is 167 Å². The lowest BCUT2D eigenvalue weighted by atomic mass is 10.1. The normalized spacial score (nSPS) is 15.0. The zero-order valence-electron chi connectivity index (χ0n) is 16.0. The number of benzene rings is 2.